The summed E-state index contributed by atoms with van der Waals surface area (Å²) in [6, 6.07) is 11.5. The van der Waals surface area contributed by atoms with Gasteiger partial charge in [0.25, 0.3) is 0 Å². The molecule has 0 aliphatic heterocycles. The summed E-state index contributed by atoms with van der Waals surface area (Å²) in [7, 11) is 0. The predicted molar refractivity (Wildman–Crippen MR) is 74.2 cm³/mol. The van der Waals surface area contributed by atoms with Crippen LogP contribution in [0.2, 0.25) is 0 Å². The fourth-order valence-electron chi connectivity index (χ4n) is 2.17. The van der Waals surface area contributed by atoms with Crippen LogP contribution >= 0.6 is 0 Å². The summed E-state index contributed by atoms with van der Waals surface area (Å²) < 4.78 is 5.63. The quantitative estimate of drug-likeness (QED) is 0.879. The first kappa shape index (κ1) is 12.5. The van der Waals surface area contributed by atoms with Gasteiger partial charge in [-0.05, 0) is 67.3 Å². The molecule has 0 amide bonds. The molecule has 2 aromatic carbocycles. The first-order chi connectivity index (χ1) is 8.61. The normalized spacial score (nSPS) is 10.4. The molecule has 2 rings (SSSR count). The molecule has 2 heteroatoms. The molecule has 0 aliphatic rings. The van der Waals surface area contributed by atoms with Crippen LogP contribution in [0.15, 0.2) is 36.4 Å². The average Bonchev–Trinajstić information content (AvgIpc) is 2.33. The van der Waals surface area contributed by atoms with Crippen molar-refractivity contribution in [2.24, 2.45) is 0 Å². The molecule has 0 fully saturated rings. The Balaban J connectivity index is 2.48. The standard InChI is InChI=1S/C16H18O2/c1-4-18-16-11(2)8-14(9-12(16)3)13-6-5-7-15(17)10-13/h5-10,17H,4H2,1-3H3. The van der Waals surface area contributed by atoms with Crippen LogP contribution in [-0.2, 0) is 0 Å². The smallest absolute Gasteiger partial charge is 0.125 e. The highest BCUT2D eigenvalue weighted by molar-refractivity contribution is 5.68. The maximum atomic E-state index is 9.53. The number of phenolic OH excluding ortho intramolecular Hbond substituents is 1. The third kappa shape index (κ3) is 2.48. The van der Waals surface area contributed by atoms with Gasteiger partial charge in [0.15, 0.2) is 0 Å². The van der Waals surface area contributed by atoms with Gasteiger partial charge in [0.1, 0.15) is 11.5 Å². The Bertz CT molecular complexity index is 536. The molecule has 18 heavy (non-hydrogen) atoms. The fourth-order valence-corrected chi connectivity index (χ4v) is 2.17. The lowest BCUT2D eigenvalue weighted by Crippen LogP contribution is -1.97. The van der Waals surface area contributed by atoms with Crippen molar-refractivity contribution >= 4 is 0 Å². The van der Waals surface area contributed by atoms with Gasteiger partial charge in [-0.3, -0.25) is 0 Å². The van der Waals surface area contributed by atoms with E-state index in [4.69, 9.17) is 4.74 Å². The van der Waals surface area contributed by atoms with Crippen LogP contribution in [0, 0.1) is 13.8 Å². The molecular formula is C16H18O2. The van der Waals surface area contributed by atoms with E-state index in [1.54, 1.807) is 12.1 Å². The van der Waals surface area contributed by atoms with E-state index in [9.17, 15) is 5.11 Å². The summed E-state index contributed by atoms with van der Waals surface area (Å²) in [6.07, 6.45) is 0. The fraction of sp³-hybridized carbons (Fsp3) is 0.250. The van der Waals surface area contributed by atoms with Crippen molar-refractivity contribution in [1.82, 2.24) is 0 Å². The summed E-state index contributed by atoms with van der Waals surface area (Å²) in [4.78, 5) is 0. The molecule has 0 radical (unpaired) electrons. The van der Waals surface area contributed by atoms with Crippen LogP contribution < -0.4 is 4.74 Å². The number of hydrogen-bond donors (Lipinski definition) is 1. The lowest BCUT2D eigenvalue weighted by atomic mass is 9.99. The maximum absolute atomic E-state index is 9.53. The van der Waals surface area contributed by atoms with Crippen LogP contribution in [0.25, 0.3) is 11.1 Å². The van der Waals surface area contributed by atoms with E-state index >= 15 is 0 Å². The first-order valence-electron chi connectivity index (χ1n) is 6.15. The van der Waals surface area contributed by atoms with Crippen LogP contribution in [0.4, 0.5) is 0 Å². The van der Waals surface area contributed by atoms with E-state index in [2.05, 4.69) is 12.1 Å². The number of aromatic hydroxyl groups is 1. The van der Waals surface area contributed by atoms with E-state index in [1.165, 1.54) is 0 Å². The molecule has 0 aliphatic carbocycles. The highest BCUT2D eigenvalue weighted by Crippen LogP contribution is 2.31. The summed E-state index contributed by atoms with van der Waals surface area (Å²) >= 11 is 0. The Hall–Kier alpha value is -1.96. The van der Waals surface area contributed by atoms with Gasteiger partial charge in [0, 0.05) is 0 Å². The topological polar surface area (TPSA) is 29.5 Å². The zero-order valence-electron chi connectivity index (χ0n) is 11.0. The molecule has 1 N–H and O–H groups in total. The minimum Gasteiger partial charge on any atom is -0.508 e. The first-order valence-corrected chi connectivity index (χ1v) is 6.15. The van der Waals surface area contributed by atoms with Gasteiger partial charge in [-0.25, -0.2) is 0 Å². The zero-order valence-corrected chi connectivity index (χ0v) is 11.0. The molecule has 0 heterocycles. The number of phenols is 1. The van der Waals surface area contributed by atoms with Crippen molar-refractivity contribution in [1.29, 1.82) is 0 Å². The molecule has 0 aromatic heterocycles. The zero-order chi connectivity index (χ0) is 13.1. The second-order valence-electron chi connectivity index (χ2n) is 4.42. The van der Waals surface area contributed by atoms with Gasteiger partial charge in [-0.1, -0.05) is 12.1 Å². The van der Waals surface area contributed by atoms with Crippen LogP contribution in [0.5, 0.6) is 11.5 Å². The van der Waals surface area contributed by atoms with E-state index in [0.29, 0.717) is 6.61 Å². The summed E-state index contributed by atoms with van der Waals surface area (Å²) in [6.45, 7) is 6.75. The Labute approximate surface area is 108 Å². The van der Waals surface area contributed by atoms with Gasteiger partial charge in [0.2, 0.25) is 0 Å². The lowest BCUT2D eigenvalue weighted by molar-refractivity contribution is 0.335. The number of aryl methyl sites for hydroxylation is 2. The molecule has 0 atom stereocenters. The monoisotopic (exact) mass is 242 g/mol. The average molecular weight is 242 g/mol. The summed E-state index contributed by atoms with van der Waals surface area (Å²) in [5.41, 5.74) is 4.36. The lowest BCUT2D eigenvalue weighted by Gasteiger charge is -2.13. The van der Waals surface area contributed by atoms with Crippen LogP contribution in [-0.4, -0.2) is 11.7 Å². The van der Waals surface area contributed by atoms with Gasteiger partial charge < -0.3 is 9.84 Å². The SMILES string of the molecule is CCOc1c(C)cc(-c2cccc(O)c2)cc1C. The molecule has 0 saturated heterocycles. The number of hydrogen-bond acceptors (Lipinski definition) is 2. The van der Waals surface area contributed by atoms with E-state index in [0.717, 1.165) is 28.0 Å². The molecule has 0 spiro atoms. The number of benzene rings is 2. The molecule has 94 valence electrons. The second kappa shape index (κ2) is 5.13. The van der Waals surface area contributed by atoms with Gasteiger partial charge in [0.05, 0.1) is 6.61 Å². The van der Waals surface area contributed by atoms with E-state index in [1.807, 2.05) is 32.9 Å². The molecule has 2 aromatic rings. The summed E-state index contributed by atoms with van der Waals surface area (Å²) in [5.74, 6) is 1.25. The molecule has 0 bridgehead atoms. The Morgan fingerprint density at radius 3 is 2.22 bits per heavy atom. The largest absolute Gasteiger partial charge is 0.508 e. The number of ether oxygens (including phenoxy) is 1. The van der Waals surface area contributed by atoms with Crippen LogP contribution in [0.3, 0.4) is 0 Å². The molecular weight excluding hydrogens is 224 g/mol. The molecule has 0 unspecified atom stereocenters. The highest BCUT2D eigenvalue weighted by Gasteiger charge is 2.07. The van der Waals surface area contributed by atoms with Gasteiger partial charge in [-0.2, -0.15) is 0 Å². The minimum atomic E-state index is 0.289. The van der Waals surface area contributed by atoms with Crippen molar-refractivity contribution in [3.8, 4) is 22.6 Å². The van der Waals surface area contributed by atoms with E-state index in [-0.39, 0.29) is 5.75 Å². The Morgan fingerprint density at radius 1 is 1.00 bits per heavy atom. The minimum absolute atomic E-state index is 0.289. The molecule has 2 nitrogen and oxygen atoms in total. The van der Waals surface area contributed by atoms with E-state index < -0.39 is 0 Å². The third-order valence-electron chi connectivity index (χ3n) is 2.93. The van der Waals surface area contributed by atoms with Crippen LogP contribution in [0.1, 0.15) is 18.1 Å². The number of rotatable bonds is 3. The third-order valence-corrected chi connectivity index (χ3v) is 2.93. The van der Waals surface area contributed by atoms with Gasteiger partial charge in [-0.15, -0.1) is 0 Å². The van der Waals surface area contributed by atoms with Crippen molar-refractivity contribution < 1.29 is 9.84 Å². The van der Waals surface area contributed by atoms with Crippen molar-refractivity contribution in [3.63, 3.8) is 0 Å². The van der Waals surface area contributed by atoms with Gasteiger partial charge >= 0.3 is 0 Å². The van der Waals surface area contributed by atoms with Crippen molar-refractivity contribution in [2.75, 3.05) is 6.61 Å². The van der Waals surface area contributed by atoms with Crippen molar-refractivity contribution in [3.05, 3.63) is 47.5 Å². The Morgan fingerprint density at radius 2 is 1.67 bits per heavy atom. The molecule has 0 saturated carbocycles. The Kier molecular flexibility index (Phi) is 3.56. The predicted octanol–water partition coefficient (Wildman–Crippen LogP) is 4.07. The maximum Gasteiger partial charge on any atom is 0.125 e. The highest BCUT2D eigenvalue weighted by atomic mass is 16.5. The van der Waals surface area contributed by atoms with Crippen molar-refractivity contribution in [2.45, 2.75) is 20.8 Å². The summed E-state index contributed by atoms with van der Waals surface area (Å²) in [5, 5.41) is 9.53. The second-order valence-corrected chi connectivity index (χ2v) is 4.42.